The normalized spacial score (nSPS) is 15.1. The van der Waals surface area contributed by atoms with Crippen LogP contribution in [0.25, 0.3) is 0 Å². The van der Waals surface area contributed by atoms with E-state index in [4.69, 9.17) is 28.3 Å². The number of hydrogen-bond donors (Lipinski definition) is 2. The molecule has 1 rings (SSSR count). The lowest BCUT2D eigenvalue weighted by molar-refractivity contribution is -0.206. The molecule has 0 saturated carbocycles. The molecule has 0 saturated heterocycles. The minimum Gasteiger partial charge on any atom is -0.480 e. The lowest BCUT2D eigenvalue weighted by atomic mass is 10.0. The molecule has 0 aliphatic heterocycles. The fourth-order valence-electron chi connectivity index (χ4n) is 1.23. The second kappa shape index (κ2) is 5.56. The minimum absolute atomic E-state index is 0.185. The lowest BCUT2D eigenvalue weighted by Gasteiger charge is -2.28. The summed E-state index contributed by atoms with van der Waals surface area (Å²) in [5.74, 6) is -2.00. The van der Waals surface area contributed by atoms with Crippen molar-refractivity contribution in [2.45, 2.75) is 25.2 Å². The summed E-state index contributed by atoms with van der Waals surface area (Å²) in [4.78, 5) is 10.8. The van der Waals surface area contributed by atoms with Gasteiger partial charge in [0.15, 0.2) is 0 Å². The van der Waals surface area contributed by atoms with Crippen LogP contribution in [0, 0.1) is 0 Å². The fraction of sp³-hybridized carbons (Fsp3) is 0.364. The number of aliphatic carboxylic acids is 1. The van der Waals surface area contributed by atoms with Crippen molar-refractivity contribution < 1.29 is 23.1 Å². The van der Waals surface area contributed by atoms with E-state index in [1.807, 2.05) is 5.32 Å². The van der Waals surface area contributed by atoms with Crippen LogP contribution in [0.1, 0.15) is 12.5 Å². The van der Waals surface area contributed by atoms with Gasteiger partial charge in [-0.25, -0.2) is 4.79 Å². The maximum absolute atomic E-state index is 12.7. The number of carbonyl (C=O) groups is 1. The van der Waals surface area contributed by atoms with Gasteiger partial charge in [-0.1, -0.05) is 29.3 Å². The number of rotatable bonds is 4. The van der Waals surface area contributed by atoms with Crippen molar-refractivity contribution in [3.63, 3.8) is 0 Å². The molecule has 0 fully saturated rings. The van der Waals surface area contributed by atoms with E-state index in [-0.39, 0.29) is 16.6 Å². The Morgan fingerprint density at radius 3 is 2.32 bits per heavy atom. The van der Waals surface area contributed by atoms with Crippen molar-refractivity contribution in [2.24, 2.45) is 0 Å². The molecule has 1 atom stereocenters. The Morgan fingerprint density at radius 1 is 1.32 bits per heavy atom. The Hall–Kier alpha value is -0.980. The van der Waals surface area contributed by atoms with E-state index in [2.05, 4.69) is 0 Å². The van der Waals surface area contributed by atoms with Crippen LogP contribution in [0.4, 0.5) is 13.2 Å². The van der Waals surface area contributed by atoms with Gasteiger partial charge in [0.25, 0.3) is 0 Å². The number of carboxylic acids is 1. The summed E-state index contributed by atoms with van der Waals surface area (Å²) in [6, 6.07) is 4.25. The molecule has 0 amide bonds. The number of nitrogens with one attached hydrogen (secondary N) is 1. The molecular weight excluding hydrogens is 306 g/mol. The Morgan fingerprint density at radius 2 is 1.89 bits per heavy atom. The molecular formula is C11H10Cl2F3NO2. The molecule has 1 aromatic carbocycles. The summed E-state index contributed by atoms with van der Waals surface area (Å²) in [5, 5.41) is 11.1. The lowest BCUT2D eigenvalue weighted by Crippen LogP contribution is -2.59. The predicted molar refractivity (Wildman–Crippen MR) is 65.4 cm³/mol. The van der Waals surface area contributed by atoms with Crippen molar-refractivity contribution >= 4 is 29.2 Å². The number of carboxylic acid groups (broad SMARTS) is 1. The third-order valence-corrected chi connectivity index (χ3v) is 3.36. The van der Waals surface area contributed by atoms with E-state index in [0.29, 0.717) is 12.5 Å². The number of alkyl halides is 3. The summed E-state index contributed by atoms with van der Waals surface area (Å²) in [7, 11) is 0. The van der Waals surface area contributed by atoms with E-state index in [1.54, 1.807) is 0 Å². The smallest absolute Gasteiger partial charge is 0.417 e. The van der Waals surface area contributed by atoms with E-state index in [0.717, 1.165) is 0 Å². The third kappa shape index (κ3) is 3.52. The highest BCUT2D eigenvalue weighted by Crippen LogP contribution is 2.31. The predicted octanol–water partition coefficient (Wildman–Crippen LogP) is 3.49. The van der Waals surface area contributed by atoms with Gasteiger partial charge in [-0.3, -0.25) is 5.32 Å². The van der Waals surface area contributed by atoms with Gasteiger partial charge in [0, 0.05) is 6.54 Å². The Kier molecular flexibility index (Phi) is 4.71. The topological polar surface area (TPSA) is 49.3 Å². The van der Waals surface area contributed by atoms with Crippen LogP contribution >= 0.6 is 23.2 Å². The first-order valence-corrected chi connectivity index (χ1v) is 5.82. The molecule has 0 aliphatic rings. The first-order valence-electron chi connectivity index (χ1n) is 5.07. The van der Waals surface area contributed by atoms with Crippen LogP contribution in [-0.4, -0.2) is 22.8 Å². The molecule has 3 nitrogen and oxygen atoms in total. The summed E-state index contributed by atoms with van der Waals surface area (Å²) < 4.78 is 38.1. The maximum Gasteiger partial charge on any atom is 0.417 e. The standard InChI is InChI=1S/C11H10Cl2F3NO2/c1-10(9(18)19,11(14,15)16)17-5-6-2-3-7(12)8(13)4-6/h2-4,17H,5H2,1H3,(H,18,19). The summed E-state index contributed by atoms with van der Waals surface area (Å²) in [6.45, 7) is 0.256. The molecule has 0 aliphatic carbocycles. The Balaban J connectivity index is 2.89. The van der Waals surface area contributed by atoms with Crippen LogP contribution in [-0.2, 0) is 11.3 Å². The van der Waals surface area contributed by atoms with Gasteiger partial charge >= 0.3 is 12.1 Å². The molecule has 106 valence electrons. The van der Waals surface area contributed by atoms with E-state index in [9.17, 15) is 18.0 Å². The Bertz CT molecular complexity index is 493. The SMILES string of the molecule is CC(NCc1ccc(Cl)c(Cl)c1)(C(=O)O)C(F)(F)F. The van der Waals surface area contributed by atoms with Crippen LogP contribution in [0.15, 0.2) is 18.2 Å². The largest absolute Gasteiger partial charge is 0.480 e. The van der Waals surface area contributed by atoms with Gasteiger partial charge in [-0.05, 0) is 24.6 Å². The Labute approximate surface area is 117 Å². The molecule has 2 N–H and O–H groups in total. The average Bonchev–Trinajstić information content (AvgIpc) is 2.28. The number of halogens is 5. The van der Waals surface area contributed by atoms with Gasteiger partial charge < -0.3 is 5.11 Å². The van der Waals surface area contributed by atoms with E-state index >= 15 is 0 Å². The third-order valence-electron chi connectivity index (χ3n) is 2.62. The average molecular weight is 316 g/mol. The first-order chi connectivity index (χ1) is 8.58. The van der Waals surface area contributed by atoms with Crippen LogP contribution < -0.4 is 5.32 Å². The zero-order chi connectivity index (χ0) is 14.8. The highest BCUT2D eigenvalue weighted by atomic mass is 35.5. The van der Waals surface area contributed by atoms with Gasteiger partial charge in [0.2, 0.25) is 5.54 Å². The molecule has 19 heavy (non-hydrogen) atoms. The monoisotopic (exact) mass is 315 g/mol. The van der Waals surface area contributed by atoms with Gasteiger partial charge in [-0.2, -0.15) is 13.2 Å². The van der Waals surface area contributed by atoms with E-state index < -0.39 is 17.7 Å². The van der Waals surface area contributed by atoms with Crippen molar-refractivity contribution in [3.05, 3.63) is 33.8 Å². The summed E-state index contributed by atoms with van der Waals surface area (Å²) >= 11 is 11.4. The fourth-order valence-corrected chi connectivity index (χ4v) is 1.55. The van der Waals surface area contributed by atoms with Crippen molar-refractivity contribution in [1.29, 1.82) is 0 Å². The van der Waals surface area contributed by atoms with Crippen molar-refractivity contribution in [2.75, 3.05) is 0 Å². The van der Waals surface area contributed by atoms with E-state index in [1.165, 1.54) is 18.2 Å². The van der Waals surface area contributed by atoms with Gasteiger partial charge in [0.05, 0.1) is 10.0 Å². The number of benzene rings is 1. The highest BCUT2D eigenvalue weighted by molar-refractivity contribution is 6.42. The molecule has 0 bridgehead atoms. The van der Waals surface area contributed by atoms with Gasteiger partial charge in [0.1, 0.15) is 0 Å². The summed E-state index contributed by atoms with van der Waals surface area (Å²) in [5.41, 5.74) is -2.63. The molecule has 0 spiro atoms. The van der Waals surface area contributed by atoms with Crippen molar-refractivity contribution in [3.8, 4) is 0 Å². The second-order valence-electron chi connectivity index (χ2n) is 4.03. The van der Waals surface area contributed by atoms with Crippen molar-refractivity contribution in [1.82, 2.24) is 5.32 Å². The zero-order valence-electron chi connectivity index (χ0n) is 9.68. The molecule has 1 aromatic rings. The maximum atomic E-state index is 12.7. The molecule has 0 heterocycles. The van der Waals surface area contributed by atoms with Crippen LogP contribution in [0.5, 0.6) is 0 Å². The quantitative estimate of drug-likeness (QED) is 0.894. The first kappa shape index (κ1) is 16.1. The second-order valence-corrected chi connectivity index (χ2v) is 4.84. The molecule has 0 aromatic heterocycles. The molecule has 1 unspecified atom stereocenters. The van der Waals surface area contributed by atoms with Crippen LogP contribution in [0.3, 0.4) is 0 Å². The number of hydrogen-bond acceptors (Lipinski definition) is 2. The van der Waals surface area contributed by atoms with Gasteiger partial charge in [-0.15, -0.1) is 0 Å². The molecule has 0 radical (unpaired) electrons. The van der Waals surface area contributed by atoms with Crippen LogP contribution in [0.2, 0.25) is 10.0 Å². The minimum atomic E-state index is -4.92. The zero-order valence-corrected chi connectivity index (χ0v) is 11.2. The highest BCUT2D eigenvalue weighted by Gasteiger charge is 2.57. The summed E-state index contributed by atoms with van der Waals surface area (Å²) in [6.07, 6.45) is -4.92. The molecule has 8 heteroatoms.